The molecule has 3 amide bonds. The molecule has 140 valence electrons. The molecule has 2 aromatic rings. The number of benzene rings is 1. The van der Waals surface area contributed by atoms with Gasteiger partial charge in [-0.1, -0.05) is 12.1 Å². The number of piperazine rings is 1. The van der Waals surface area contributed by atoms with Gasteiger partial charge < -0.3 is 20.2 Å². The minimum atomic E-state index is -1.20. The van der Waals surface area contributed by atoms with Crippen LogP contribution in [-0.4, -0.2) is 69.0 Å². The molecule has 2 heterocycles. The Balaban J connectivity index is 1.55. The van der Waals surface area contributed by atoms with Crippen LogP contribution in [0.5, 0.6) is 0 Å². The summed E-state index contributed by atoms with van der Waals surface area (Å²) in [5.41, 5.74) is 1.65. The number of anilines is 1. The monoisotopic (exact) mass is 369 g/mol. The van der Waals surface area contributed by atoms with Gasteiger partial charge in [0.1, 0.15) is 5.69 Å². The largest absolute Gasteiger partial charge is 0.476 e. The predicted octanol–water partition coefficient (Wildman–Crippen LogP) is 1.47. The van der Waals surface area contributed by atoms with Gasteiger partial charge in [-0.2, -0.15) is 0 Å². The van der Waals surface area contributed by atoms with Gasteiger partial charge in [0, 0.05) is 31.9 Å². The Hall–Kier alpha value is -3.49. The number of carbonyl (C=O) groups excluding carboxylic acids is 2. The molecule has 1 aliphatic heterocycles. The lowest BCUT2D eigenvalue weighted by atomic mass is 10.2. The molecule has 27 heavy (non-hydrogen) atoms. The number of hydrogen-bond donors (Lipinski definition) is 2. The second-order valence-corrected chi connectivity index (χ2v) is 6.17. The summed E-state index contributed by atoms with van der Waals surface area (Å²) in [7, 11) is 0. The lowest BCUT2D eigenvalue weighted by molar-refractivity contribution is 0.0658. The molecule has 0 saturated carbocycles. The maximum atomic E-state index is 12.4. The zero-order chi connectivity index (χ0) is 19.4. The summed E-state index contributed by atoms with van der Waals surface area (Å²) in [4.78, 5) is 46.4. The van der Waals surface area contributed by atoms with Gasteiger partial charge in [0.15, 0.2) is 5.69 Å². The topological polar surface area (TPSA) is 116 Å². The second-order valence-electron chi connectivity index (χ2n) is 6.17. The first-order chi connectivity index (χ1) is 12.9. The molecule has 0 aliphatic carbocycles. The molecule has 1 aliphatic rings. The van der Waals surface area contributed by atoms with Gasteiger partial charge in [-0.3, -0.25) is 4.79 Å². The molecule has 0 atom stereocenters. The molecule has 1 aromatic carbocycles. The molecule has 3 rings (SSSR count). The highest BCUT2D eigenvalue weighted by Gasteiger charge is 2.26. The number of hydrogen-bond acceptors (Lipinski definition) is 5. The number of aromatic carboxylic acids is 1. The third-order valence-corrected chi connectivity index (χ3v) is 4.21. The number of carbonyl (C=O) groups is 3. The molecular weight excluding hydrogens is 350 g/mol. The van der Waals surface area contributed by atoms with Crippen molar-refractivity contribution in [2.24, 2.45) is 0 Å². The number of aryl methyl sites for hydroxylation is 1. The van der Waals surface area contributed by atoms with E-state index in [1.807, 2.05) is 31.2 Å². The van der Waals surface area contributed by atoms with Gasteiger partial charge in [0.2, 0.25) is 0 Å². The third-order valence-electron chi connectivity index (χ3n) is 4.21. The van der Waals surface area contributed by atoms with Crippen LogP contribution in [0.25, 0.3) is 0 Å². The van der Waals surface area contributed by atoms with Crippen LogP contribution in [0.15, 0.2) is 36.7 Å². The van der Waals surface area contributed by atoms with Crippen molar-refractivity contribution >= 4 is 23.6 Å². The van der Waals surface area contributed by atoms with E-state index in [1.54, 1.807) is 9.80 Å². The minimum absolute atomic E-state index is 0.0812. The molecule has 9 heteroatoms. The van der Waals surface area contributed by atoms with E-state index in [2.05, 4.69) is 15.3 Å². The number of carboxylic acid groups (broad SMARTS) is 1. The molecule has 1 aromatic heterocycles. The molecule has 0 spiro atoms. The number of amides is 3. The zero-order valence-electron chi connectivity index (χ0n) is 14.8. The standard InChI is InChI=1S/C18H19N5O4/c1-12-3-2-4-13(9-12)21-18(27)23-7-5-22(6-8-23)16(24)14-10-20-15(11-19-14)17(25)26/h2-4,9-11H,5-8H2,1H3,(H,21,27)(H,25,26). The van der Waals surface area contributed by atoms with Crippen molar-refractivity contribution in [2.45, 2.75) is 6.92 Å². The van der Waals surface area contributed by atoms with Crippen molar-refractivity contribution in [3.8, 4) is 0 Å². The SMILES string of the molecule is Cc1cccc(NC(=O)N2CCN(C(=O)c3cnc(C(=O)O)cn3)CC2)c1. The smallest absolute Gasteiger partial charge is 0.356 e. The van der Waals surface area contributed by atoms with Crippen molar-refractivity contribution in [3.05, 3.63) is 53.6 Å². The fourth-order valence-corrected chi connectivity index (χ4v) is 2.75. The van der Waals surface area contributed by atoms with E-state index in [4.69, 9.17) is 5.11 Å². The molecule has 0 bridgehead atoms. The maximum Gasteiger partial charge on any atom is 0.356 e. The van der Waals surface area contributed by atoms with Gasteiger partial charge in [0.05, 0.1) is 12.4 Å². The van der Waals surface area contributed by atoms with Crippen LogP contribution in [0.2, 0.25) is 0 Å². The second kappa shape index (κ2) is 7.81. The lowest BCUT2D eigenvalue weighted by Gasteiger charge is -2.34. The molecule has 0 unspecified atom stereocenters. The van der Waals surface area contributed by atoms with Crippen LogP contribution < -0.4 is 5.32 Å². The third kappa shape index (κ3) is 4.38. The maximum absolute atomic E-state index is 12.4. The highest BCUT2D eigenvalue weighted by molar-refractivity contribution is 5.93. The number of urea groups is 1. The van der Waals surface area contributed by atoms with Crippen LogP contribution in [0, 0.1) is 6.92 Å². The normalized spacial score (nSPS) is 14.0. The van der Waals surface area contributed by atoms with E-state index in [1.165, 1.54) is 0 Å². The van der Waals surface area contributed by atoms with Crippen LogP contribution in [0.3, 0.4) is 0 Å². The van der Waals surface area contributed by atoms with Crippen molar-refractivity contribution in [2.75, 3.05) is 31.5 Å². The quantitative estimate of drug-likeness (QED) is 0.846. The van der Waals surface area contributed by atoms with Crippen LogP contribution >= 0.6 is 0 Å². The Morgan fingerprint density at radius 2 is 1.63 bits per heavy atom. The Bertz CT molecular complexity index is 860. The Kier molecular flexibility index (Phi) is 5.30. The molecule has 1 fully saturated rings. The summed E-state index contributed by atoms with van der Waals surface area (Å²) in [6.45, 7) is 3.46. The highest BCUT2D eigenvalue weighted by Crippen LogP contribution is 2.12. The van der Waals surface area contributed by atoms with Gasteiger partial charge in [-0.25, -0.2) is 19.6 Å². The number of nitrogens with one attached hydrogen (secondary N) is 1. The van der Waals surface area contributed by atoms with Crippen molar-refractivity contribution in [1.82, 2.24) is 19.8 Å². The van der Waals surface area contributed by atoms with Crippen molar-refractivity contribution < 1.29 is 19.5 Å². The number of rotatable bonds is 3. The Morgan fingerprint density at radius 3 is 2.22 bits per heavy atom. The summed E-state index contributed by atoms with van der Waals surface area (Å²) in [6, 6.07) is 7.32. The zero-order valence-corrected chi connectivity index (χ0v) is 14.8. The first-order valence-electron chi connectivity index (χ1n) is 8.41. The summed E-state index contributed by atoms with van der Waals surface area (Å²) in [5, 5.41) is 11.7. The van der Waals surface area contributed by atoms with Crippen LogP contribution in [0.1, 0.15) is 26.5 Å². The van der Waals surface area contributed by atoms with Gasteiger partial charge in [0.25, 0.3) is 5.91 Å². The van der Waals surface area contributed by atoms with Gasteiger partial charge in [-0.05, 0) is 24.6 Å². The molecule has 2 N–H and O–H groups in total. The predicted molar refractivity (Wildman–Crippen MR) is 96.7 cm³/mol. The Morgan fingerprint density at radius 1 is 1.00 bits per heavy atom. The van der Waals surface area contributed by atoms with Gasteiger partial charge in [-0.15, -0.1) is 0 Å². The highest BCUT2D eigenvalue weighted by atomic mass is 16.4. The average Bonchev–Trinajstić information content (AvgIpc) is 2.67. The summed E-state index contributed by atoms with van der Waals surface area (Å²) < 4.78 is 0. The molecule has 1 saturated heterocycles. The molecular formula is C18H19N5O4. The van der Waals surface area contributed by atoms with E-state index in [0.29, 0.717) is 26.2 Å². The van der Waals surface area contributed by atoms with Crippen LogP contribution in [0.4, 0.5) is 10.5 Å². The van der Waals surface area contributed by atoms with Crippen molar-refractivity contribution in [1.29, 1.82) is 0 Å². The Labute approximate surface area is 155 Å². The van der Waals surface area contributed by atoms with Gasteiger partial charge >= 0.3 is 12.0 Å². The van der Waals surface area contributed by atoms with E-state index in [0.717, 1.165) is 23.6 Å². The lowest BCUT2D eigenvalue weighted by Crippen LogP contribution is -2.51. The summed E-state index contributed by atoms with van der Waals surface area (Å²) in [6.07, 6.45) is 2.21. The first kappa shape index (κ1) is 18.3. The number of aromatic nitrogens is 2. The molecule has 0 radical (unpaired) electrons. The fourth-order valence-electron chi connectivity index (χ4n) is 2.75. The van der Waals surface area contributed by atoms with E-state index in [-0.39, 0.29) is 23.3 Å². The summed E-state index contributed by atoms with van der Waals surface area (Å²) >= 11 is 0. The minimum Gasteiger partial charge on any atom is -0.476 e. The average molecular weight is 369 g/mol. The van der Waals surface area contributed by atoms with Crippen LogP contribution in [-0.2, 0) is 0 Å². The fraction of sp³-hybridized carbons (Fsp3) is 0.278. The number of carboxylic acids is 1. The molecule has 9 nitrogen and oxygen atoms in total. The van der Waals surface area contributed by atoms with E-state index < -0.39 is 5.97 Å². The van der Waals surface area contributed by atoms with E-state index in [9.17, 15) is 14.4 Å². The number of nitrogens with zero attached hydrogens (tertiary/aromatic N) is 4. The van der Waals surface area contributed by atoms with E-state index >= 15 is 0 Å². The summed E-state index contributed by atoms with van der Waals surface area (Å²) in [5.74, 6) is -1.53. The first-order valence-corrected chi connectivity index (χ1v) is 8.41. The van der Waals surface area contributed by atoms with Crippen molar-refractivity contribution in [3.63, 3.8) is 0 Å².